The molecule has 0 radical (unpaired) electrons. The Morgan fingerprint density at radius 1 is 1.13 bits per heavy atom. The van der Waals surface area contributed by atoms with Crippen LogP contribution in [0.3, 0.4) is 0 Å². The van der Waals surface area contributed by atoms with Crippen molar-refractivity contribution < 1.29 is 9.53 Å². The molecule has 0 spiro atoms. The summed E-state index contributed by atoms with van der Waals surface area (Å²) >= 11 is 0. The number of hydrazone groups is 1. The molecule has 0 atom stereocenters. The van der Waals surface area contributed by atoms with Gasteiger partial charge in [0.15, 0.2) is 6.61 Å². The van der Waals surface area contributed by atoms with Crippen LogP contribution in [0.4, 0.5) is 0 Å². The molecule has 23 heavy (non-hydrogen) atoms. The highest BCUT2D eigenvalue weighted by molar-refractivity contribution is 5.83. The number of para-hydroxylation sites is 1. The Morgan fingerprint density at radius 2 is 1.87 bits per heavy atom. The molecule has 2 aromatic rings. The summed E-state index contributed by atoms with van der Waals surface area (Å²) in [7, 11) is 0. The third kappa shape index (κ3) is 4.69. The molecule has 2 aromatic carbocycles. The Kier molecular flexibility index (Phi) is 5.45. The minimum atomic E-state index is -0.442. The third-order valence-electron chi connectivity index (χ3n) is 2.81. The summed E-state index contributed by atoms with van der Waals surface area (Å²) in [5.74, 6) is -0.0936. The molecule has 0 bridgehead atoms. The van der Waals surface area contributed by atoms with Crippen molar-refractivity contribution in [2.24, 2.45) is 5.10 Å². The molecular formula is C17H12N4O2. The van der Waals surface area contributed by atoms with Crippen LogP contribution in [0.5, 0.6) is 5.75 Å². The Balaban J connectivity index is 1.84. The maximum absolute atomic E-state index is 11.6. The number of nitrogens with one attached hydrogen (secondary N) is 1. The average Bonchev–Trinajstić information content (AvgIpc) is 2.60. The lowest BCUT2D eigenvalue weighted by atomic mass is 10.2. The van der Waals surface area contributed by atoms with Crippen LogP contribution >= 0.6 is 0 Å². The Hall–Kier alpha value is -3.64. The summed E-state index contributed by atoms with van der Waals surface area (Å²) in [5, 5.41) is 21.4. The van der Waals surface area contributed by atoms with E-state index in [4.69, 9.17) is 15.3 Å². The molecule has 0 aliphatic heterocycles. The molecule has 0 saturated carbocycles. The molecule has 6 heteroatoms. The van der Waals surface area contributed by atoms with Crippen LogP contribution in [0.2, 0.25) is 0 Å². The topological polar surface area (TPSA) is 98.3 Å². The summed E-state index contributed by atoms with van der Waals surface area (Å²) in [6, 6.07) is 17.4. The van der Waals surface area contributed by atoms with Crippen molar-refractivity contribution in [3.63, 3.8) is 0 Å². The molecule has 6 nitrogen and oxygen atoms in total. The minimum absolute atomic E-state index is 0.247. The van der Waals surface area contributed by atoms with E-state index >= 15 is 0 Å². The predicted molar refractivity (Wildman–Crippen MR) is 83.5 cm³/mol. The summed E-state index contributed by atoms with van der Waals surface area (Å²) in [5.41, 5.74) is 3.99. The molecular weight excluding hydrogens is 292 g/mol. The van der Waals surface area contributed by atoms with Crippen LogP contribution in [-0.4, -0.2) is 18.7 Å². The monoisotopic (exact) mass is 304 g/mol. The van der Waals surface area contributed by atoms with E-state index < -0.39 is 5.91 Å². The number of nitrogens with zero attached hydrogens (tertiary/aromatic N) is 3. The molecule has 0 aromatic heterocycles. The summed E-state index contributed by atoms with van der Waals surface area (Å²) in [4.78, 5) is 11.6. The van der Waals surface area contributed by atoms with Gasteiger partial charge < -0.3 is 4.74 Å². The number of amides is 1. The van der Waals surface area contributed by atoms with Crippen LogP contribution in [0.1, 0.15) is 16.7 Å². The van der Waals surface area contributed by atoms with Gasteiger partial charge in [-0.25, -0.2) is 5.43 Å². The Morgan fingerprint density at radius 3 is 2.57 bits per heavy atom. The number of benzene rings is 2. The van der Waals surface area contributed by atoms with E-state index in [0.29, 0.717) is 16.9 Å². The maximum atomic E-state index is 11.6. The molecule has 0 heterocycles. The highest BCUT2D eigenvalue weighted by Gasteiger charge is 2.05. The molecule has 1 amide bonds. The maximum Gasteiger partial charge on any atom is 0.277 e. The summed E-state index contributed by atoms with van der Waals surface area (Å²) in [6.07, 6.45) is 1.46. The quantitative estimate of drug-likeness (QED) is 0.674. The number of rotatable bonds is 5. The summed E-state index contributed by atoms with van der Waals surface area (Å²) < 4.78 is 5.28. The highest BCUT2D eigenvalue weighted by atomic mass is 16.5. The first-order valence-corrected chi connectivity index (χ1v) is 6.67. The SMILES string of the molecule is N#Cc1ccc(/C=N\NC(=O)COc2ccccc2C#N)cc1. The standard InChI is InChI=1S/C17H12N4O2/c18-9-13-5-7-14(8-6-13)11-20-21-17(22)12-23-16-4-2-1-3-15(16)10-19/h1-8,11H,12H2,(H,21,22)/b20-11-. The minimum Gasteiger partial charge on any atom is -0.482 e. The fourth-order valence-electron chi connectivity index (χ4n) is 1.68. The first kappa shape index (κ1) is 15.7. The van der Waals surface area contributed by atoms with Gasteiger partial charge >= 0.3 is 0 Å². The predicted octanol–water partition coefficient (Wildman–Crippen LogP) is 1.96. The van der Waals surface area contributed by atoms with Crippen molar-refractivity contribution in [3.8, 4) is 17.9 Å². The zero-order valence-corrected chi connectivity index (χ0v) is 12.1. The Labute approximate surface area is 133 Å². The largest absolute Gasteiger partial charge is 0.482 e. The highest BCUT2D eigenvalue weighted by Crippen LogP contribution is 2.16. The Bertz CT molecular complexity index is 799. The smallest absolute Gasteiger partial charge is 0.277 e. The van der Waals surface area contributed by atoms with E-state index in [1.54, 1.807) is 48.5 Å². The van der Waals surface area contributed by atoms with E-state index in [0.717, 1.165) is 5.56 Å². The fourth-order valence-corrected chi connectivity index (χ4v) is 1.68. The first-order valence-electron chi connectivity index (χ1n) is 6.67. The second-order valence-electron chi connectivity index (χ2n) is 4.42. The van der Waals surface area contributed by atoms with E-state index in [1.165, 1.54) is 6.21 Å². The molecule has 2 rings (SSSR count). The van der Waals surface area contributed by atoms with Gasteiger partial charge in [0.2, 0.25) is 0 Å². The van der Waals surface area contributed by atoms with Crippen molar-refractivity contribution in [1.29, 1.82) is 10.5 Å². The molecule has 112 valence electrons. The molecule has 0 saturated heterocycles. The van der Waals surface area contributed by atoms with Crippen molar-refractivity contribution in [1.82, 2.24) is 5.43 Å². The van der Waals surface area contributed by atoms with Crippen LogP contribution in [0.15, 0.2) is 53.6 Å². The molecule has 1 N–H and O–H groups in total. The van der Waals surface area contributed by atoms with Gasteiger partial charge in [0.25, 0.3) is 5.91 Å². The van der Waals surface area contributed by atoms with Gasteiger partial charge in [-0.05, 0) is 29.8 Å². The molecule has 0 fully saturated rings. The number of hydrogen-bond donors (Lipinski definition) is 1. The van der Waals surface area contributed by atoms with E-state index in [1.807, 2.05) is 12.1 Å². The average molecular weight is 304 g/mol. The first-order chi connectivity index (χ1) is 11.2. The summed E-state index contributed by atoms with van der Waals surface area (Å²) in [6.45, 7) is -0.247. The van der Waals surface area contributed by atoms with Crippen molar-refractivity contribution in [3.05, 3.63) is 65.2 Å². The van der Waals surface area contributed by atoms with Gasteiger partial charge in [-0.1, -0.05) is 24.3 Å². The van der Waals surface area contributed by atoms with Gasteiger partial charge in [-0.15, -0.1) is 0 Å². The molecule has 0 unspecified atom stereocenters. The lowest BCUT2D eigenvalue weighted by Crippen LogP contribution is -2.24. The second-order valence-corrected chi connectivity index (χ2v) is 4.42. The normalized spacial score (nSPS) is 9.83. The van der Waals surface area contributed by atoms with Crippen LogP contribution < -0.4 is 10.2 Å². The van der Waals surface area contributed by atoms with Crippen LogP contribution in [0.25, 0.3) is 0 Å². The number of ether oxygens (including phenoxy) is 1. The van der Waals surface area contributed by atoms with E-state index in [9.17, 15) is 4.79 Å². The van der Waals surface area contributed by atoms with Gasteiger partial charge in [0.1, 0.15) is 11.8 Å². The molecule has 0 aliphatic carbocycles. The van der Waals surface area contributed by atoms with Gasteiger partial charge in [0.05, 0.1) is 23.4 Å². The van der Waals surface area contributed by atoms with E-state index in [-0.39, 0.29) is 6.61 Å². The van der Waals surface area contributed by atoms with Gasteiger partial charge in [-0.2, -0.15) is 15.6 Å². The molecule has 0 aliphatic rings. The van der Waals surface area contributed by atoms with Crippen LogP contribution in [-0.2, 0) is 4.79 Å². The van der Waals surface area contributed by atoms with E-state index in [2.05, 4.69) is 10.5 Å². The number of hydrogen-bond acceptors (Lipinski definition) is 5. The lowest BCUT2D eigenvalue weighted by Gasteiger charge is -2.06. The number of carbonyl (C=O) groups is 1. The van der Waals surface area contributed by atoms with Crippen molar-refractivity contribution in [2.75, 3.05) is 6.61 Å². The van der Waals surface area contributed by atoms with Gasteiger partial charge in [-0.3, -0.25) is 4.79 Å². The fraction of sp³-hybridized carbons (Fsp3) is 0.0588. The number of carbonyl (C=O) groups excluding carboxylic acids is 1. The third-order valence-corrected chi connectivity index (χ3v) is 2.81. The van der Waals surface area contributed by atoms with Crippen LogP contribution in [0, 0.1) is 22.7 Å². The van der Waals surface area contributed by atoms with Crippen molar-refractivity contribution >= 4 is 12.1 Å². The zero-order valence-electron chi connectivity index (χ0n) is 12.1. The van der Waals surface area contributed by atoms with Gasteiger partial charge in [0, 0.05) is 0 Å². The lowest BCUT2D eigenvalue weighted by molar-refractivity contribution is -0.123. The van der Waals surface area contributed by atoms with Crippen molar-refractivity contribution in [2.45, 2.75) is 0 Å². The number of nitriles is 2. The second kappa shape index (κ2) is 7.96. The zero-order chi connectivity index (χ0) is 16.5.